The van der Waals surface area contributed by atoms with Crippen LogP contribution in [-0.2, 0) is 28.5 Å². The first-order chi connectivity index (χ1) is 21.0. The summed E-state index contributed by atoms with van der Waals surface area (Å²) < 4.78 is 20.7. The number of carbonyl (C=O) groups excluding carboxylic acids is 5. The quantitative estimate of drug-likeness (QED) is 0.266. The number of amides is 4. The van der Waals surface area contributed by atoms with E-state index in [0.717, 1.165) is 4.90 Å². The fourth-order valence-corrected chi connectivity index (χ4v) is 4.73. The number of nitrogens with zero attached hydrogens (tertiary/aromatic N) is 2. The van der Waals surface area contributed by atoms with Gasteiger partial charge in [0.25, 0.3) is 0 Å². The summed E-state index contributed by atoms with van der Waals surface area (Å²) in [5.41, 5.74) is -1.37. The Balaban J connectivity index is 0. The number of hydrogen-bond acceptors (Lipinski definition) is 11. The first-order valence-corrected chi connectivity index (χ1v) is 15.7. The molecule has 0 aromatic heterocycles. The standard InChI is InChI=1S/C16H28N2O5.C15H26N2O6.Li.H2O/c1-10(2)22-14(20)17-12-7-8-13(11(3)19)18(9-12)15(21)23-16(4,5)6;1-9(2)22-13(20)16-10-6-7-11(12(18)19)17(8-10)14(21)23-15(3,4)5;;/h10,12-13H,7-9H2,1-6H3,(H,17,20);9-11H,6-8H2,1-5H3,(H,16,20)(H,18,19);;1H2/q;;+1;/p-1. The minimum atomic E-state index is -1.08. The summed E-state index contributed by atoms with van der Waals surface area (Å²) in [6.45, 7) is 19.2. The van der Waals surface area contributed by atoms with Crippen molar-refractivity contribution in [1.29, 1.82) is 0 Å². The predicted molar refractivity (Wildman–Crippen MR) is 169 cm³/mol. The second-order valence-corrected chi connectivity index (χ2v) is 14.0. The van der Waals surface area contributed by atoms with E-state index in [1.165, 1.54) is 11.8 Å². The zero-order chi connectivity index (χ0) is 35.6. The number of ether oxygens (including phenoxy) is 4. The molecule has 0 aliphatic carbocycles. The van der Waals surface area contributed by atoms with Crippen LogP contribution in [0, 0.1) is 0 Å². The number of Topliss-reactive ketones (excluding diaryl/α,β-unsaturated/α-hetero) is 1. The molecule has 4 amide bonds. The van der Waals surface area contributed by atoms with E-state index >= 15 is 0 Å². The largest absolute Gasteiger partial charge is 1.00 e. The maximum atomic E-state index is 12.3. The van der Waals surface area contributed by atoms with E-state index in [1.807, 2.05) is 0 Å². The number of piperidine rings is 2. The van der Waals surface area contributed by atoms with Gasteiger partial charge in [0.05, 0.1) is 30.3 Å². The maximum absolute atomic E-state index is 12.3. The number of ketones is 1. The van der Waals surface area contributed by atoms with Gasteiger partial charge in [-0.05, 0) is 102 Å². The van der Waals surface area contributed by atoms with Crippen molar-refractivity contribution in [2.75, 3.05) is 13.1 Å². The average molecular weight is 683 g/mol. The molecule has 0 aromatic carbocycles. The molecule has 0 bridgehead atoms. The van der Waals surface area contributed by atoms with Crippen LogP contribution in [0.3, 0.4) is 0 Å². The molecule has 272 valence electrons. The monoisotopic (exact) mass is 682 g/mol. The number of alkyl carbamates (subject to hydrolysis) is 2. The summed E-state index contributed by atoms with van der Waals surface area (Å²) in [5.74, 6) is -1.17. The van der Waals surface area contributed by atoms with Crippen molar-refractivity contribution in [2.24, 2.45) is 0 Å². The molecule has 0 radical (unpaired) electrons. The molecule has 2 rings (SSSR count). The van der Waals surface area contributed by atoms with E-state index in [4.69, 9.17) is 18.9 Å². The molecule has 2 saturated heterocycles. The van der Waals surface area contributed by atoms with Crippen LogP contribution < -0.4 is 29.5 Å². The fraction of sp³-hybridized carbons (Fsp3) is 0.806. The molecular formula is C31H55LiN4O12. The topological polar surface area (TPSA) is 220 Å². The van der Waals surface area contributed by atoms with Crippen LogP contribution in [0.5, 0.6) is 0 Å². The molecular weight excluding hydrogens is 627 g/mol. The third-order valence-corrected chi connectivity index (χ3v) is 6.50. The van der Waals surface area contributed by atoms with E-state index in [0.29, 0.717) is 19.3 Å². The van der Waals surface area contributed by atoms with E-state index in [2.05, 4.69) is 10.6 Å². The Morgan fingerprint density at radius 1 is 0.667 bits per heavy atom. The van der Waals surface area contributed by atoms with Crippen molar-refractivity contribution in [3.63, 3.8) is 0 Å². The van der Waals surface area contributed by atoms with Crippen LogP contribution in [-0.4, -0.2) is 117 Å². The van der Waals surface area contributed by atoms with Gasteiger partial charge >= 0.3 is 49.2 Å². The Morgan fingerprint density at radius 2 is 1.00 bits per heavy atom. The van der Waals surface area contributed by atoms with Gasteiger partial charge in [-0.15, -0.1) is 0 Å². The minimum Gasteiger partial charge on any atom is -0.870 e. The normalized spacial score (nSPS) is 20.9. The van der Waals surface area contributed by atoms with Crippen LogP contribution in [0.25, 0.3) is 0 Å². The Morgan fingerprint density at radius 3 is 1.29 bits per heavy atom. The molecule has 0 spiro atoms. The van der Waals surface area contributed by atoms with Gasteiger partial charge in [0.2, 0.25) is 0 Å². The van der Waals surface area contributed by atoms with E-state index in [9.17, 15) is 33.9 Å². The SMILES string of the molecule is CC(=O)C1CCC(NC(=O)OC(C)C)CN1C(=O)OC(C)(C)C.CC(C)OC(=O)NC1CCC(C(=O)O)N(C(=O)OC(C)(C)C)C1.[Li+].[OH-]. The number of aliphatic carboxylic acids is 1. The van der Waals surface area contributed by atoms with Gasteiger partial charge in [-0.1, -0.05) is 0 Å². The maximum Gasteiger partial charge on any atom is 1.00 e. The van der Waals surface area contributed by atoms with Crippen molar-refractivity contribution in [2.45, 2.75) is 149 Å². The molecule has 48 heavy (non-hydrogen) atoms. The van der Waals surface area contributed by atoms with Crippen molar-refractivity contribution in [3.05, 3.63) is 0 Å². The number of carboxylic acid groups (broad SMARTS) is 1. The third kappa shape index (κ3) is 17.8. The molecule has 2 fully saturated rings. The Bertz CT molecular complexity index is 1010. The van der Waals surface area contributed by atoms with E-state index in [-0.39, 0.29) is 73.9 Å². The van der Waals surface area contributed by atoms with Crippen molar-refractivity contribution in [3.8, 4) is 0 Å². The summed E-state index contributed by atoms with van der Waals surface area (Å²) in [7, 11) is 0. The van der Waals surface area contributed by atoms with Crippen LogP contribution in [0.1, 0.15) is 102 Å². The molecule has 2 aliphatic heterocycles. The van der Waals surface area contributed by atoms with Gasteiger partial charge in [-0.3, -0.25) is 14.6 Å². The first-order valence-electron chi connectivity index (χ1n) is 15.7. The summed E-state index contributed by atoms with van der Waals surface area (Å²) in [4.78, 5) is 73.6. The van der Waals surface area contributed by atoms with Gasteiger partial charge in [-0.25, -0.2) is 24.0 Å². The van der Waals surface area contributed by atoms with Crippen LogP contribution in [0.4, 0.5) is 19.2 Å². The predicted octanol–water partition coefficient (Wildman–Crippen LogP) is 1.28. The number of likely N-dealkylation sites (tertiary alicyclic amines) is 2. The second-order valence-electron chi connectivity index (χ2n) is 14.0. The smallest absolute Gasteiger partial charge is 0.870 e. The first kappa shape index (κ1) is 46.9. The van der Waals surface area contributed by atoms with Crippen molar-refractivity contribution < 1.29 is 77.2 Å². The fourth-order valence-electron chi connectivity index (χ4n) is 4.73. The average Bonchev–Trinajstić information content (AvgIpc) is 2.85. The van der Waals surface area contributed by atoms with Gasteiger partial charge in [0.15, 0.2) is 5.78 Å². The molecule has 2 heterocycles. The summed E-state index contributed by atoms with van der Waals surface area (Å²) in [5, 5.41) is 14.7. The van der Waals surface area contributed by atoms with Gasteiger partial charge < -0.3 is 40.2 Å². The Hall–Kier alpha value is -3.22. The second kappa shape index (κ2) is 20.3. The molecule has 4 N–H and O–H groups in total. The number of carboxylic acids is 1. The zero-order valence-electron chi connectivity index (χ0n) is 30.6. The van der Waals surface area contributed by atoms with Crippen LogP contribution in [0.15, 0.2) is 0 Å². The number of rotatable bonds is 6. The van der Waals surface area contributed by atoms with E-state index < -0.39 is 53.6 Å². The molecule has 2 aliphatic rings. The van der Waals surface area contributed by atoms with Gasteiger partial charge in [-0.2, -0.15) is 0 Å². The third-order valence-electron chi connectivity index (χ3n) is 6.50. The summed E-state index contributed by atoms with van der Waals surface area (Å²) >= 11 is 0. The molecule has 16 nitrogen and oxygen atoms in total. The number of hydrogen-bond donors (Lipinski definition) is 3. The molecule has 17 heteroatoms. The minimum absolute atomic E-state index is 0. The molecule has 0 aromatic rings. The van der Waals surface area contributed by atoms with Crippen LogP contribution in [0.2, 0.25) is 0 Å². The molecule has 0 saturated carbocycles. The Kier molecular flexibility index (Phi) is 19.9. The zero-order valence-corrected chi connectivity index (χ0v) is 30.6. The molecule has 4 unspecified atom stereocenters. The number of carbonyl (C=O) groups is 6. The van der Waals surface area contributed by atoms with Crippen molar-refractivity contribution >= 4 is 36.1 Å². The number of nitrogens with one attached hydrogen (secondary N) is 2. The molecule has 4 atom stereocenters. The summed E-state index contributed by atoms with van der Waals surface area (Å²) in [6, 6.07) is -2.10. The van der Waals surface area contributed by atoms with Crippen molar-refractivity contribution in [1.82, 2.24) is 20.4 Å². The Labute approximate surface area is 295 Å². The van der Waals surface area contributed by atoms with E-state index in [1.54, 1.807) is 69.2 Å². The summed E-state index contributed by atoms with van der Waals surface area (Å²) in [6.07, 6.45) is -1.03. The van der Waals surface area contributed by atoms with Crippen LogP contribution >= 0.6 is 0 Å². The van der Waals surface area contributed by atoms with Gasteiger partial charge in [0, 0.05) is 13.1 Å². The van der Waals surface area contributed by atoms with Gasteiger partial charge in [0.1, 0.15) is 17.2 Å².